The molecule has 0 aliphatic carbocycles. The fourth-order valence-corrected chi connectivity index (χ4v) is 2.97. The summed E-state index contributed by atoms with van der Waals surface area (Å²) >= 11 is 5.94. The van der Waals surface area contributed by atoms with Crippen LogP contribution in [0.25, 0.3) is 5.65 Å². The van der Waals surface area contributed by atoms with Crippen molar-refractivity contribution in [2.24, 2.45) is 0 Å². The van der Waals surface area contributed by atoms with Gasteiger partial charge in [0.1, 0.15) is 6.07 Å². The quantitative estimate of drug-likeness (QED) is 0.673. The maximum Gasteiger partial charge on any atom is 0.416 e. The van der Waals surface area contributed by atoms with Crippen LogP contribution in [0.3, 0.4) is 0 Å². The fraction of sp³-hybridized carbons (Fsp3) is 0.235. The molecule has 0 aliphatic heterocycles. The molecule has 0 amide bonds. The summed E-state index contributed by atoms with van der Waals surface area (Å²) < 4.78 is 40.8. The maximum atomic E-state index is 13.1. The number of nitriles is 1. The molecule has 0 unspecified atom stereocenters. The van der Waals surface area contributed by atoms with Crippen LogP contribution in [0.4, 0.5) is 13.2 Å². The lowest BCUT2D eigenvalue weighted by atomic mass is 9.98. The number of alkyl halides is 3. The van der Waals surface area contributed by atoms with Crippen LogP contribution in [0.1, 0.15) is 33.6 Å². The molecule has 4 nitrogen and oxygen atoms in total. The Bertz CT molecular complexity index is 1020. The molecule has 8 heteroatoms. The second-order valence-corrected chi connectivity index (χ2v) is 6.02. The highest BCUT2D eigenvalue weighted by Crippen LogP contribution is 2.33. The van der Waals surface area contributed by atoms with Crippen molar-refractivity contribution in [2.45, 2.75) is 26.4 Å². The average molecular weight is 365 g/mol. The Morgan fingerprint density at radius 3 is 2.64 bits per heavy atom. The number of nitrogens with zero attached hydrogens (tertiary/aromatic N) is 4. The third-order valence-corrected chi connectivity index (χ3v) is 4.26. The third-order valence-electron chi connectivity index (χ3n) is 4.08. The van der Waals surface area contributed by atoms with E-state index < -0.39 is 11.7 Å². The molecule has 0 N–H and O–H groups in total. The minimum absolute atomic E-state index is 0.114. The van der Waals surface area contributed by atoms with Crippen molar-refractivity contribution in [1.82, 2.24) is 14.6 Å². The Hall–Kier alpha value is -2.59. The van der Waals surface area contributed by atoms with Gasteiger partial charge in [0.2, 0.25) is 0 Å². The summed E-state index contributed by atoms with van der Waals surface area (Å²) in [7, 11) is 0. The number of halogens is 4. The largest absolute Gasteiger partial charge is 0.416 e. The lowest BCUT2D eigenvalue weighted by molar-refractivity contribution is -0.138. The zero-order valence-corrected chi connectivity index (χ0v) is 14.1. The Morgan fingerprint density at radius 2 is 2.00 bits per heavy atom. The highest BCUT2D eigenvalue weighted by molar-refractivity contribution is 6.29. The molecule has 0 aliphatic rings. The fourth-order valence-electron chi connectivity index (χ4n) is 2.79. The van der Waals surface area contributed by atoms with Gasteiger partial charge in [0.25, 0.3) is 0 Å². The molecule has 128 valence electrons. The van der Waals surface area contributed by atoms with E-state index in [0.717, 1.165) is 6.07 Å². The normalized spacial score (nSPS) is 11.7. The van der Waals surface area contributed by atoms with Gasteiger partial charge in [0.05, 0.1) is 22.5 Å². The molecule has 25 heavy (non-hydrogen) atoms. The predicted molar refractivity (Wildman–Crippen MR) is 86.4 cm³/mol. The van der Waals surface area contributed by atoms with Crippen molar-refractivity contribution in [3.05, 3.63) is 63.1 Å². The van der Waals surface area contributed by atoms with E-state index in [-0.39, 0.29) is 22.7 Å². The summed E-state index contributed by atoms with van der Waals surface area (Å²) in [5, 5.41) is 13.5. The molecule has 0 atom stereocenters. The summed E-state index contributed by atoms with van der Waals surface area (Å²) in [4.78, 5) is 4.32. The molecule has 0 saturated heterocycles. The molecule has 2 heterocycles. The van der Waals surface area contributed by atoms with Gasteiger partial charge in [-0.2, -0.15) is 23.5 Å². The van der Waals surface area contributed by atoms with Crippen LogP contribution in [0.2, 0.25) is 5.15 Å². The standard InChI is InChI=1S/C17H12ClF3N4/c1-9-11(4-3-5-13(9)17(19,20)21)6-14-10(2)23-16-12(8-22)7-15(18)24-25(14)16/h3-5,7H,6H2,1-2H3. The number of aryl methyl sites for hydroxylation is 1. The highest BCUT2D eigenvalue weighted by Gasteiger charge is 2.33. The molecule has 3 rings (SSSR count). The average Bonchev–Trinajstić information content (AvgIpc) is 2.83. The number of aromatic nitrogens is 3. The van der Waals surface area contributed by atoms with Gasteiger partial charge in [0.15, 0.2) is 10.8 Å². The van der Waals surface area contributed by atoms with Gasteiger partial charge in [-0.25, -0.2) is 9.50 Å². The van der Waals surface area contributed by atoms with E-state index in [1.54, 1.807) is 13.0 Å². The van der Waals surface area contributed by atoms with Gasteiger partial charge in [-0.3, -0.25) is 0 Å². The van der Waals surface area contributed by atoms with E-state index >= 15 is 0 Å². The van der Waals surface area contributed by atoms with E-state index in [9.17, 15) is 18.4 Å². The van der Waals surface area contributed by atoms with Gasteiger partial charge < -0.3 is 0 Å². The van der Waals surface area contributed by atoms with Crippen LogP contribution in [0.15, 0.2) is 24.3 Å². The summed E-state index contributed by atoms with van der Waals surface area (Å²) in [5.74, 6) is 0. The summed E-state index contributed by atoms with van der Waals surface area (Å²) in [6.45, 7) is 3.17. The highest BCUT2D eigenvalue weighted by atomic mass is 35.5. The maximum absolute atomic E-state index is 13.1. The van der Waals surface area contributed by atoms with E-state index in [1.165, 1.54) is 23.6 Å². The Labute approximate surface area is 146 Å². The molecule has 2 aromatic heterocycles. The van der Waals surface area contributed by atoms with Gasteiger partial charge in [0, 0.05) is 6.42 Å². The minimum atomic E-state index is -4.41. The molecule has 0 bridgehead atoms. The van der Waals surface area contributed by atoms with Gasteiger partial charge >= 0.3 is 6.18 Å². The van der Waals surface area contributed by atoms with Gasteiger partial charge in [-0.05, 0) is 37.1 Å². The minimum Gasteiger partial charge on any atom is -0.231 e. The predicted octanol–water partition coefficient (Wildman–Crippen LogP) is 4.48. The molecule has 1 aromatic carbocycles. The van der Waals surface area contributed by atoms with E-state index in [1.807, 2.05) is 6.07 Å². The molecule has 0 radical (unpaired) electrons. The van der Waals surface area contributed by atoms with Crippen molar-refractivity contribution >= 4 is 17.2 Å². The Kier molecular flexibility index (Phi) is 4.17. The summed E-state index contributed by atoms with van der Waals surface area (Å²) in [6, 6.07) is 7.48. The molecule has 0 saturated carbocycles. The summed E-state index contributed by atoms with van der Waals surface area (Å²) in [6.07, 6.45) is -4.22. The van der Waals surface area contributed by atoms with E-state index in [2.05, 4.69) is 10.1 Å². The lowest BCUT2D eigenvalue weighted by Crippen LogP contribution is -2.10. The van der Waals surface area contributed by atoms with E-state index in [0.29, 0.717) is 22.6 Å². The number of rotatable bonds is 2. The number of fused-ring (bicyclic) bond motifs is 1. The van der Waals surface area contributed by atoms with Crippen molar-refractivity contribution in [3.8, 4) is 6.07 Å². The number of benzene rings is 1. The first-order valence-electron chi connectivity index (χ1n) is 7.33. The van der Waals surface area contributed by atoms with E-state index in [4.69, 9.17) is 11.6 Å². The molecule has 0 spiro atoms. The van der Waals surface area contributed by atoms with Crippen LogP contribution in [-0.2, 0) is 12.6 Å². The smallest absolute Gasteiger partial charge is 0.231 e. The number of hydrogen-bond donors (Lipinski definition) is 0. The van der Waals surface area contributed by atoms with Crippen LogP contribution in [0.5, 0.6) is 0 Å². The second kappa shape index (κ2) is 6.05. The van der Waals surface area contributed by atoms with Crippen LogP contribution < -0.4 is 0 Å². The lowest BCUT2D eigenvalue weighted by Gasteiger charge is -2.14. The molecule has 3 aromatic rings. The zero-order valence-electron chi connectivity index (χ0n) is 13.3. The topological polar surface area (TPSA) is 54.0 Å². The van der Waals surface area contributed by atoms with Crippen LogP contribution in [0, 0.1) is 25.2 Å². The van der Waals surface area contributed by atoms with Crippen LogP contribution in [-0.4, -0.2) is 14.6 Å². The van der Waals surface area contributed by atoms with Crippen molar-refractivity contribution < 1.29 is 13.2 Å². The zero-order chi connectivity index (χ0) is 18.4. The van der Waals surface area contributed by atoms with Crippen LogP contribution >= 0.6 is 11.6 Å². The number of hydrogen-bond acceptors (Lipinski definition) is 3. The van der Waals surface area contributed by atoms with Crippen molar-refractivity contribution in [2.75, 3.05) is 0 Å². The SMILES string of the molecule is Cc1nc2c(C#N)cc(Cl)nn2c1Cc1cccc(C(F)(F)F)c1C. The first kappa shape index (κ1) is 17.2. The van der Waals surface area contributed by atoms with Gasteiger partial charge in [-0.15, -0.1) is 0 Å². The first-order valence-corrected chi connectivity index (χ1v) is 7.70. The second-order valence-electron chi connectivity index (χ2n) is 5.64. The van der Waals surface area contributed by atoms with Crippen molar-refractivity contribution in [3.63, 3.8) is 0 Å². The first-order chi connectivity index (χ1) is 11.7. The Morgan fingerprint density at radius 1 is 1.28 bits per heavy atom. The third kappa shape index (κ3) is 3.05. The summed E-state index contributed by atoms with van der Waals surface area (Å²) in [5.41, 5.74) is 1.78. The monoisotopic (exact) mass is 364 g/mol. The van der Waals surface area contributed by atoms with Crippen molar-refractivity contribution in [1.29, 1.82) is 5.26 Å². The molecule has 0 fully saturated rings. The molecular weight excluding hydrogens is 353 g/mol. The Balaban J connectivity index is 2.16. The number of imidazole rings is 1. The van der Waals surface area contributed by atoms with Gasteiger partial charge in [-0.1, -0.05) is 23.7 Å². The molecular formula is C17H12ClF3N4.